The molecule has 1 N–H and O–H groups in total. The van der Waals surface area contributed by atoms with Crippen LogP contribution < -0.4 is 0 Å². The van der Waals surface area contributed by atoms with Gasteiger partial charge in [-0.25, -0.2) is 0 Å². The Bertz CT molecular complexity index is 133. The maximum absolute atomic E-state index is 8.25. The van der Waals surface area contributed by atoms with Gasteiger partial charge in [0.2, 0.25) is 0 Å². The molecule has 0 amide bonds. The first-order valence-corrected chi connectivity index (χ1v) is 2.67. The Morgan fingerprint density at radius 3 is 0.812 bits per heavy atom. The molecule has 0 bridgehead atoms. The standard InChI is InChI=1S/C2H6O.Ga.3NO3/c1-2-3;;3*2-1(3)4/h3H,2H2,1H3;;;;/q;+3;3*-1. The van der Waals surface area contributed by atoms with Gasteiger partial charge < -0.3 is 51.1 Å². The van der Waals surface area contributed by atoms with Crippen LogP contribution in [0.25, 0.3) is 0 Å². The van der Waals surface area contributed by atoms with Gasteiger partial charge in [-0.2, -0.15) is 0 Å². The molecule has 0 heterocycles. The van der Waals surface area contributed by atoms with Crippen molar-refractivity contribution in [3.63, 3.8) is 0 Å². The monoisotopic (exact) mass is 301 g/mol. The number of hydrogen-bond donors (Lipinski definition) is 1. The molecule has 0 saturated heterocycles. The molecular formula is C2H6GaN3O10. The van der Waals surface area contributed by atoms with E-state index in [1.54, 1.807) is 6.92 Å². The van der Waals surface area contributed by atoms with E-state index < -0.39 is 15.3 Å². The Morgan fingerprint density at radius 2 is 0.812 bits per heavy atom. The van der Waals surface area contributed by atoms with Crippen molar-refractivity contribution < 1.29 is 20.4 Å². The Balaban J connectivity index is -0.0000000331. The first-order valence-electron chi connectivity index (χ1n) is 2.67. The van der Waals surface area contributed by atoms with E-state index in [2.05, 4.69) is 0 Å². The summed E-state index contributed by atoms with van der Waals surface area (Å²) in [4.78, 5) is 24.8. The molecule has 0 aromatic heterocycles. The van der Waals surface area contributed by atoms with Gasteiger partial charge in [0.25, 0.3) is 0 Å². The quantitative estimate of drug-likeness (QED) is 0.323. The maximum Gasteiger partial charge on any atom is 3.00 e. The molecule has 0 aromatic rings. The van der Waals surface area contributed by atoms with Crippen LogP contribution in [0, 0.1) is 46.0 Å². The largest absolute Gasteiger partial charge is 3.00 e. The topological polar surface area (TPSA) is 219 Å². The molecule has 0 rings (SSSR count). The molecule has 0 saturated carbocycles. The van der Waals surface area contributed by atoms with Crippen molar-refractivity contribution in [1.82, 2.24) is 0 Å². The van der Waals surface area contributed by atoms with Crippen LogP contribution >= 0.6 is 0 Å². The van der Waals surface area contributed by atoms with E-state index in [4.69, 9.17) is 51.1 Å². The maximum atomic E-state index is 8.25. The van der Waals surface area contributed by atoms with Crippen molar-refractivity contribution in [2.75, 3.05) is 6.61 Å². The van der Waals surface area contributed by atoms with Gasteiger partial charge >= 0.3 is 19.8 Å². The molecule has 0 aliphatic carbocycles. The van der Waals surface area contributed by atoms with Crippen molar-refractivity contribution >= 4 is 19.8 Å². The van der Waals surface area contributed by atoms with Crippen LogP contribution in [0.3, 0.4) is 0 Å². The van der Waals surface area contributed by atoms with Gasteiger partial charge in [0.15, 0.2) is 0 Å². The molecule has 0 spiro atoms. The number of aliphatic hydroxyl groups excluding tert-OH is 1. The summed E-state index contributed by atoms with van der Waals surface area (Å²) in [5.41, 5.74) is 0. The van der Waals surface area contributed by atoms with Crippen molar-refractivity contribution in [3.05, 3.63) is 46.0 Å². The molecule has 0 aromatic carbocycles. The predicted molar refractivity (Wildman–Crippen MR) is 49.6 cm³/mol. The molecule has 0 aliphatic rings. The average molecular weight is 302 g/mol. The van der Waals surface area contributed by atoms with Crippen LogP contribution in [0.4, 0.5) is 0 Å². The first kappa shape index (κ1) is 29.2. The molecule has 0 atom stereocenters. The minimum atomic E-state index is -1.75. The van der Waals surface area contributed by atoms with Crippen LogP contribution in [0.1, 0.15) is 6.92 Å². The van der Waals surface area contributed by atoms with Gasteiger partial charge in [-0.3, -0.25) is 0 Å². The minimum absolute atomic E-state index is 0. The normalized spacial score (nSPS) is 5.62. The summed E-state index contributed by atoms with van der Waals surface area (Å²) >= 11 is 0. The number of aliphatic hydroxyl groups is 1. The van der Waals surface area contributed by atoms with Gasteiger partial charge in [-0.15, -0.1) is 0 Å². The summed E-state index contributed by atoms with van der Waals surface area (Å²) in [6, 6.07) is 0. The predicted octanol–water partition coefficient (Wildman–Crippen LogP) is -1.10. The van der Waals surface area contributed by atoms with Crippen molar-refractivity contribution in [3.8, 4) is 0 Å². The number of nitrogens with zero attached hydrogens (tertiary/aromatic N) is 3. The van der Waals surface area contributed by atoms with Crippen LogP contribution in [0.15, 0.2) is 0 Å². The van der Waals surface area contributed by atoms with E-state index in [1.165, 1.54) is 0 Å². The van der Waals surface area contributed by atoms with E-state index in [9.17, 15) is 0 Å². The average Bonchev–Trinajstić information content (AvgIpc) is 1.81. The second kappa shape index (κ2) is 29.2. The Morgan fingerprint density at radius 1 is 0.812 bits per heavy atom. The Labute approximate surface area is 100 Å². The summed E-state index contributed by atoms with van der Waals surface area (Å²) in [6.45, 7) is 1.93. The summed E-state index contributed by atoms with van der Waals surface area (Å²) in [6.07, 6.45) is 0. The van der Waals surface area contributed by atoms with Crippen LogP contribution in [-0.4, -0.2) is 46.8 Å². The van der Waals surface area contributed by atoms with Gasteiger partial charge in [0.05, 0.1) is 15.3 Å². The fourth-order valence-corrected chi connectivity index (χ4v) is 0. The molecule has 0 fully saturated rings. The number of rotatable bonds is 0. The zero-order valence-corrected chi connectivity index (χ0v) is 10.2. The smallest absolute Gasteiger partial charge is 0.397 e. The van der Waals surface area contributed by atoms with Gasteiger partial charge in [-0.05, 0) is 6.92 Å². The third-order valence-electron chi connectivity index (χ3n) is 0. The third kappa shape index (κ3) is 470. The van der Waals surface area contributed by atoms with Crippen LogP contribution in [0.2, 0.25) is 0 Å². The summed E-state index contributed by atoms with van der Waals surface area (Å²) in [5.74, 6) is 0. The zero-order valence-electron chi connectivity index (χ0n) is 7.75. The molecule has 0 radical (unpaired) electrons. The fraction of sp³-hybridized carbons (Fsp3) is 1.00. The molecule has 13 nitrogen and oxygen atoms in total. The molecule has 0 aliphatic heterocycles. The van der Waals surface area contributed by atoms with Gasteiger partial charge in [-0.1, -0.05) is 0 Å². The van der Waals surface area contributed by atoms with E-state index in [0.717, 1.165) is 0 Å². The summed E-state index contributed by atoms with van der Waals surface area (Å²) in [7, 11) is 0. The molecule has 92 valence electrons. The second-order valence-electron chi connectivity index (χ2n) is 0.987. The first-order chi connectivity index (χ1) is 6.61. The second-order valence-corrected chi connectivity index (χ2v) is 0.987. The third-order valence-corrected chi connectivity index (χ3v) is 0. The summed E-state index contributed by atoms with van der Waals surface area (Å²) < 4.78 is 0. The Hall–Kier alpha value is -1.80. The fourth-order valence-electron chi connectivity index (χ4n) is 0. The molecule has 14 heteroatoms. The number of hydrogen-bond acceptors (Lipinski definition) is 10. The minimum Gasteiger partial charge on any atom is -0.397 e. The van der Waals surface area contributed by atoms with E-state index >= 15 is 0 Å². The van der Waals surface area contributed by atoms with Crippen molar-refractivity contribution in [2.24, 2.45) is 0 Å². The van der Waals surface area contributed by atoms with Crippen LogP contribution in [0.5, 0.6) is 0 Å². The van der Waals surface area contributed by atoms with E-state index in [-0.39, 0.29) is 26.4 Å². The van der Waals surface area contributed by atoms with Gasteiger partial charge in [0.1, 0.15) is 0 Å². The van der Waals surface area contributed by atoms with Crippen LogP contribution in [-0.2, 0) is 0 Å². The van der Waals surface area contributed by atoms with E-state index in [0.29, 0.717) is 0 Å². The molecular weight excluding hydrogens is 296 g/mol. The summed E-state index contributed by atoms with van der Waals surface area (Å²) in [5, 5.41) is 51.8. The Kier molecular flexibility index (Phi) is 53.4. The van der Waals surface area contributed by atoms with Crippen molar-refractivity contribution in [1.29, 1.82) is 0 Å². The van der Waals surface area contributed by atoms with E-state index in [1.807, 2.05) is 0 Å². The van der Waals surface area contributed by atoms with Crippen molar-refractivity contribution in [2.45, 2.75) is 6.92 Å². The SMILES string of the molecule is CCO.O=[N+]([O-])[O-].O=[N+]([O-])[O-].O=[N+]([O-])[O-].[Ga+3]. The zero-order chi connectivity index (χ0) is 13.4. The molecule has 0 unspecified atom stereocenters. The molecule has 16 heavy (non-hydrogen) atoms. The van der Waals surface area contributed by atoms with Gasteiger partial charge in [0, 0.05) is 6.61 Å².